The Morgan fingerprint density at radius 2 is 1.95 bits per heavy atom. The Kier molecular flexibility index (Phi) is 3.77. The van der Waals surface area contributed by atoms with E-state index in [2.05, 4.69) is 26.2 Å². The molecule has 3 aromatic rings. The highest BCUT2D eigenvalue weighted by Gasteiger charge is 2.14. The van der Waals surface area contributed by atoms with E-state index in [0.29, 0.717) is 15.4 Å². The fourth-order valence-corrected chi connectivity index (χ4v) is 2.45. The van der Waals surface area contributed by atoms with E-state index in [4.69, 9.17) is 0 Å². The van der Waals surface area contributed by atoms with Crippen LogP contribution in [-0.2, 0) is 0 Å². The van der Waals surface area contributed by atoms with Gasteiger partial charge in [-0.15, -0.1) is 0 Å². The van der Waals surface area contributed by atoms with Crippen LogP contribution in [0.2, 0.25) is 0 Å². The largest absolute Gasteiger partial charge is 0.360 e. The van der Waals surface area contributed by atoms with Gasteiger partial charge in [-0.05, 0) is 30.3 Å². The van der Waals surface area contributed by atoms with Crippen molar-refractivity contribution in [3.63, 3.8) is 0 Å². The van der Waals surface area contributed by atoms with Gasteiger partial charge in [-0.25, -0.2) is 4.39 Å². The van der Waals surface area contributed by atoms with Gasteiger partial charge in [0.2, 0.25) is 5.43 Å². The first-order valence-electron chi connectivity index (χ1n) is 6.43. The lowest BCUT2D eigenvalue weighted by molar-refractivity contribution is 0.102. The summed E-state index contributed by atoms with van der Waals surface area (Å²) in [6.07, 6.45) is 1.33. The predicted octanol–water partition coefficient (Wildman–Crippen LogP) is 3.68. The van der Waals surface area contributed by atoms with Crippen LogP contribution in [0.1, 0.15) is 10.4 Å². The lowest BCUT2D eigenvalue weighted by atomic mass is 10.1. The molecule has 0 radical (unpaired) electrons. The summed E-state index contributed by atoms with van der Waals surface area (Å²) in [6.45, 7) is 0. The summed E-state index contributed by atoms with van der Waals surface area (Å²) in [5, 5.41) is 2.81. The van der Waals surface area contributed by atoms with Crippen LogP contribution in [0.5, 0.6) is 0 Å². The summed E-state index contributed by atoms with van der Waals surface area (Å²) in [4.78, 5) is 27.4. The third-order valence-electron chi connectivity index (χ3n) is 3.21. The number of hydrogen-bond donors (Lipinski definition) is 2. The zero-order valence-electron chi connectivity index (χ0n) is 11.2. The number of hydrogen-bond acceptors (Lipinski definition) is 2. The summed E-state index contributed by atoms with van der Waals surface area (Å²) >= 11 is 3.14. The summed E-state index contributed by atoms with van der Waals surface area (Å²) in [7, 11) is 0. The summed E-state index contributed by atoms with van der Waals surface area (Å²) < 4.78 is 14.3. The molecule has 0 unspecified atom stereocenters. The SMILES string of the molecule is O=C(Nc1ccc(Br)cc1F)c1c[nH]c2ccccc2c1=O. The quantitative estimate of drug-likeness (QED) is 0.732. The molecular formula is C16H10BrFN2O2. The molecule has 0 saturated carbocycles. The number of carbonyl (C=O) groups is 1. The fourth-order valence-electron chi connectivity index (χ4n) is 2.12. The molecule has 110 valence electrons. The maximum absolute atomic E-state index is 13.7. The Bertz CT molecular complexity index is 937. The number of amides is 1. The summed E-state index contributed by atoms with van der Waals surface area (Å²) in [6, 6.07) is 11.1. The minimum Gasteiger partial charge on any atom is -0.360 e. The van der Waals surface area contributed by atoms with Crippen LogP contribution in [0.15, 0.2) is 57.9 Å². The molecule has 6 heteroatoms. The van der Waals surface area contributed by atoms with Gasteiger partial charge in [0, 0.05) is 21.6 Å². The highest BCUT2D eigenvalue weighted by molar-refractivity contribution is 9.10. The number of anilines is 1. The predicted molar refractivity (Wildman–Crippen MR) is 86.6 cm³/mol. The third kappa shape index (κ3) is 2.65. The monoisotopic (exact) mass is 360 g/mol. The van der Waals surface area contributed by atoms with Crippen molar-refractivity contribution in [2.75, 3.05) is 5.32 Å². The van der Waals surface area contributed by atoms with E-state index in [1.165, 1.54) is 18.3 Å². The van der Waals surface area contributed by atoms with Gasteiger partial charge in [0.1, 0.15) is 11.4 Å². The van der Waals surface area contributed by atoms with Crippen LogP contribution in [0.25, 0.3) is 10.9 Å². The second-order valence-electron chi connectivity index (χ2n) is 4.66. The minimum atomic E-state index is -0.659. The summed E-state index contributed by atoms with van der Waals surface area (Å²) in [5.74, 6) is -1.24. The van der Waals surface area contributed by atoms with Crippen LogP contribution in [0.4, 0.5) is 10.1 Å². The molecule has 22 heavy (non-hydrogen) atoms. The van der Waals surface area contributed by atoms with Crippen molar-refractivity contribution in [1.82, 2.24) is 4.98 Å². The number of aromatic nitrogens is 1. The zero-order valence-corrected chi connectivity index (χ0v) is 12.8. The Hall–Kier alpha value is -2.47. The van der Waals surface area contributed by atoms with E-state index >= 15 is 0 Å². The Balaban J connectivity index is 1.99. The second kappa shape index (κ2) is 5.73. The van der Waals surface area contributed by atoms with Crippen molar-refractivity contribution >= 4 is 38.4 Å². The lowest BCUT2D eigenvalue weighted by Gasteiger charge is -2.07. The van der Waals surface area contributed by atoms with E-state index in [9.17, 15) is 14.0 Å². The maximum atomic E-state index is 13.7. The van der Waals surface area contributed by atoms with Crippen LogP contribution >= 0.6 is 15.9 Å². The smallest absolute Gasteiger partial charge is 0.261 e. The number of para-hydroxylation sites is 1. The van der Waals surface area contributed by atoms with Crippen molar-refractivity contribution in [3.05, 3.63) is 74.7 Å². The van der Waals surface area contributed by atoms with Gasteiger partial charge in [-0.2, -0.15) is 0 Å². The number of pyridine rings is 1. The minimum absolute atomic E-state index is 0.0146. The molecule has 3 rings (SSSR count). The molecule has 4 nitrogen and oxygen atoms in total. The van der Waals surface area contributed by atoms with Crippen molar-refractivity contribution < 1.29 is 9.18 Å². The molecule has 1 aromatic heterocycles. The number of benzene rings is 2. The van der Waals surface area contributed by atoms with Gasteiger partial charge in [0.05, 0.1) is 5.69 Å². The fraction of sp³-hybridized carbons (Fsp3) is 0. The van der Waals surface area contributed by atoms with Gasteiger partial charge >= 0.3 is 0 Å². The Morgan fingerprint density at radius 3 is 2.73 bits per heavy atom. The molecule has 1 heterocycles. The van der Waals surface area contributed by atoms with Gasteiger partial charge in [-0.3, -0.25) is 9.59 Å². The molecule has 2 aromatic carbocycles. The highest BCUT2D eigenvalue weighted by atomic mass is 79.9. The zero-order chi connectivity index (χ0) is 15.7. The molecule has 0 spiro atoms. The number of carbonyl (C=O) groups excluding carboxylic acids is 1. The number of aromatic amines is 1. The highest BCUT2D eigenvalue weighted by Crippen LogP contribution is 2.19. The topological polar surface area (TPSA) is 62.0 Å². The first-order chi connectivity index (χ1) is 10.6. The maximum Gasteiger partial charge on any atom is 0.261 e. The van der Waals surface area contributed by atoms with Crippen molar-refractivity contribution in [1.29, 1.82) is 0 Å². The molecule has 0 saturated heterocycles. The van der Waals surface area contributed by atoms with E-state index in [-0.39, 0.29) is 11.3 Å². The van der Waals surface area contributed by atoms with Crippen LogP contribution < -0.4 is 10.7 Å². The standard InChI is InChI=1S/C16H10BrFN2O2/c17-9-5-6-14(12(18)7-9)20-16(22)11-8-19-13-4-2-1-3-10(13)15(11)21/h1-8H,(H,19,21)(H,20,22). The average Bonchev–Trinajstić information content (AvgIpc) is 2.50. The van der Waals surface area contributed by atoms with Crippen LogP contribution in [0.3, 0.4) is 0 Å². The third-order valence-corrected chi connectivity index (χ3v) is 3.71. The van der Waals surface area contributed by atoms with Crippen molar-refractivity contribution in [2.24, 2.45) is 0 Å². The molecule has 0 atom stereocenters. The number of halogens is 2. The van der Waals surface area contributed by atoms with Crippen LogP contribution in [-0.4, -0.2) is 10.9 Å². The molecule has 1 amide bonds. The van der Waals surface area contributed by atoms with Gasteiger partial charge in [0.25, 0.3) is 5.91 Å². The Labute approximate surface area is 133 Å². The Morgan fingerprint density at radius 1 is 1.18 bits per heavy atom. The molecule has 0 fully saturated rings. The van der Waals surface area contributed by atoms with Gasteiger partial charge in [-0.1, -0.05) is 28.1 Å². The van der Waals surface area contributed by atoms with Gasteiger partial charge < -0.3 is 10.3 Å². The van der Waals surface area contributed by atoms with E-state index in [0.717, 1.165) is 0 Å². The number of nitrogens with one attached hydrogen (secondary N) is 2. The van der Waals surface area contributed by atoms with E-state index in [1.807, 2.05) is 0 Å². The first-order valence-corrected chi connectivity index (χ1v) is 7.22. The van der Waals surface area contributed by atoms with E-state index in [1.54, 1.807) is 30.3 Å². The number of fused-ring (bicyclic) bond motifs is 1. The van der Waals surface area contributed by atoms with Crippen LogP contribution in [0, 0.1) is 5.82 Å². The number of H-pyrrole nitrogens is 1. The van der Waals surface area contributed by atoms with E-state index < -0.39 is 17.2 Å². The van der Waals surface area contributed by atoms with Gasteiger partial charge in [0.15, 0.2) is 0 Å². The first kappa shape index (κ1) is 14.5. The second-order valence-corrected chi connectivity index (χ2v) is 5.57. The lowest BCUT2D eigenvalue weighted by Crippen LogP contribution is -2.22. The number of rotatable bonds is 2. The molecule has 0 bridgehead atoms. The normalized spacial score (nSPS) is 10.6. The molecule has 0 aliphatic heterocycles. The summed E-state index contributed by atoms with van der Waals surface area (Å²) in [5.41, 5.74) is 0.185. The van der Waals surface area contributed by atoms with Crippen molar-refractivity contribution in [2.45, 2.75) is 0 Å². The van der Waals surface area contributed by atoms with Crippen molar-refractivity contribution in [3.8, 4) is 0 Å². The molecule has 0 aliphatic carbocycles. The molecular weight excluding hydrogens is 351 g/mol. The molecule has 0 aliphatic rings. The average molecular weight is 361 g/mol. The molecule has 2 N–H and O–H groups in total.